The number of halogens is 2. The molecule has 0 aliphatic carbocycles. The second-order valence-electron chi connectivity index (χ2n) is 7.66. The van der Waals surface area contributed by atoms with Crippen LogP contribution in [0.1, 0.15) is 0 Å². The molecule has 0 bridgehead atoms. The molecule has 3 aromatic heterocycles. The summed E-state index contributed by atoms with van der Waals surface area (Å²) in [5.41, 5.74) is 1.25. The molecule has 4 aromatic rings. The van der Waals surface area contributed by atoms with Gasteiger partial charge in [0.1, 0.15) is 5.65 Å². The second kappa shape index (κ2) is 8.97. The van der Waals surface area contributed by atoms with Gasteiger partial charge >= 0.3 is 0 Å². The van der Waals surface area contributed by atoms with Crippen molar-refractivity contribution < 1.29 is 4.84 Å². The molecule has 1 fully saturated rings. The average Bonchev–Trinajstić information content (AvgIpc) is 2.83. The molecule has 8 nitrogen and oxygen atoms in total. The van der Waals surface area contributed by atoms with Gasteiger partial charge in [0, 0.05) is 43.5 Å². The van der Waals surface area contributed by atoms with Gasteiger partial charge in [0.25, 0.3) is 5.56 Å². The highest BCUT2D eigenvalue weighted by Crippen LogP contribution is 2.33. The first kappa shape index (κ1) is 21.6. The summed E-state index contributed by atoms with van der Waals surface area (Å²) in [6.45, 7) is 2.73. The number of fused-ring (bicyclic) bond motifs is 1. The van der Waals surface area contributed by atoms with Gasteiger partial charge in [0.15, 0.2) is 5.75 Å². The maximum atomic E-state index is 13.1. The Balaban J connectivity index is 1.40. The molecule has 0 unspecified atom stereocenters. The standard InChI is InChI=1S/C23H20Cl2N6O2/c1-29-21-15(12-17(22(29)32)20-18(24)5-2-6-19(20)25)13-27-23(28-21)30-8-10-31(11-9-30)33-16-4-3-7-26-14-16/h2-7,12-14H,8-11H2,1H3. The monoisotopic (exact) mass is 482 g/mol. The topological polar surface area (TPSA) is 76.4 Å². The Hall–Kier alpha value is -3.20. The third-order valence-electron chi connectivity index (χ3n) is 5.56. The van der Waals surface area contributed by atoms with Gasteiger partial charge in [-0.15, -0.1) is 5.06 Å². The van der Waals surface area contributed by atoms with Crippen molar-refractivity contribution in [1.82, 2.24) is 24.6 Å². The molecule has 1 aliphatic heterocycles. The summed E-state index contributed by atoms with van der Waals surface area (Å²) in [6.07, 6.45) is 5.12. The molecular formula is C23H20Cl2N6O2. The van der Waals surface area contributed by atoms with Gasteiger partial charge in [-0.2, -0.15) is 4.98 Å². The summed E-state index contributed by atoms with van der Waals surface area (Å²) >= 11 is 12.7. The smallest absolute Gasteiger partial charge is 0.259 e. The van der Waals surface area contributed by atoms with Crippen LogP contribution < -0.4 is 15.3 Å². The first-order chi connectivity index (χ1) is 16.0. The molecule has 10 heteroatoms. The van der Waals surface area contributed by atoms with E-state index in [1.165, 1.54) is 4.57 Å². The van der Waals surface area contributed by atoms with E-state index >= 15 is 0 Å². The highest BCUT2D eigenvalue weighted by molar-refractivity contribution is 6.39. The van der Waals surface area contributed by atoms with Gasteiger partial charge in [-0.3, -0.25) is 14.3 Å². The molecule has 4 heterocycles. The minimum atomic E-state index is -0.225. The average molecular weight is 483 g/mol. The molecule has 1 saturated heterocycles. The number of aryl methyl sites for hydroxylation is 1. The number of hydroxylamine groups is 2. The fraction of sp³-hybridized carbons (Fsp3) is 0.217. The van der Waals surface area contributed by atoms with Crippen molar-refractivity contribution in [2.24, 2.45) is 7.05 Å². The van der Waals surface area contributed by atoms with E-state index in [1.807, 2.05) is 17.2 Å². The number of rotatable bonds is 4. The number of aromatic nitrogens is 4. The lowest BCUT2D eigenvalue weighted by Gasteiger charge is -2.33. The van der Waals surface area contributed by atoms with E-state index in [0.29, 0.717) is 64.7 Å². The predicted molar refractivity (Wildman–Crippen MR) is 129 cm³/mol. The number of piperazine rings is 1. The van der Waals surface area contributed by atoms with Gasteiger partial charge in [-0.1, -0.05) is 29.3 Å². The molecule has 1 aliphatic rings. The molecular weight excluding hydrogens is 463 g/mol. The quantitative estimate of drug-likeness (QED) is 0.437. The molecule has 0 saturated carbocycles. The summed E-state index contributed by atoms with van der Waals surface area (Å²) in [6, 6.07) is 10.6. The van der Waals surface area contributed by atoms with E-state index < -0.39 is 0 Å². The van der Waals surface area contributed by atoms with Crippen LogP contribution in [0.3, 0.4) is 0 Å². The van der Waals surface area contributed by atoms with Crippen LogP contribution in [0, 0.1) is 0 Å². The minimum absolute atomic E-state index is 0.225. The third-order valence-corrected chi connectivity index (χ3v) is 6.19. The molecule has 0 N–H and O–H groups in total. The maximum Gasteiger partial charge on any atom is 0.259 e. The van der Waals surface area contributed by atoms with Crippen LogP contribution in [0.25, 0.3) is 22.2 Å². The zero-order chi connectivity index (χ0) is 22.9. The van der Waals surface area contributed by atoms with Crippen LogP contribution in [0.15, 0.2) is 59.8 Å². The van der Waals surface area contributed by atoms with Crippen molar-refractivity contribution in [3.8, 4) is 16.9 Å². The van der Waals surface area contributed by atoms with Crippen molar-refractivity contribution in [1.29, 1.82) is 0 Å². The summed E-state index contributed by atoms with van der Waals surface area (Å²) < 4.78 is 1.51. The maximum absolute atomic E-state index is 13.1. The van der Waals surface area contributed by atoms with Crippen molar-refractivity contribution in [3.63, 3.8) is 0 Å². The van der Waals surface area contributed by atoms with Crippen LogP contribution in [0.4, 0.5) is 5.95 Å². The SMILES string of the molecule is Cn1c(=O)c(-c2c(Cl)cccc2Cl)cc2cnc(N3CCN(Oc4cccnc4)CC3)nc21. The Morgan fingerprint density at radius 3 is 2.45 bits per heavy atom. The van der Waals surface area contributed by atoms with E-state index in [-0.39, 0.29) is 5.56 Å². The molecule has 0 amide bonds. The fourth-order valence-electron chi connectivity index (χ4n) is 3.85. The number of hydrogen-bond donors (Lipinski definition) is 0. The molecule has 5 rings (SSSR count). The van der Waals surface area contributed by atoms with Crippen LogP contribution >= 0.6 is 23.2 Å². The van der Waals surface area contributed by atoms with Gasteiger partial charge in [0.2, 0.25) is 5.95 Å². The highest BCUT2D eigenvalue weighted by atomic mass is 35.5. The largest absolute Gasteiger partial charge is 0.404 e. The Labute approximate surface area is 199 Å². The van der Waals surface area contributed by atoms with E-state index in [2.05, 4.69) is 14.9 Å². The lowest BCUT2D eigenvalue weighted by Crippen LogP contribution is -2.48. The summed E-state index contributed by atoms with van der Waals surface area (Å²) in [5.74, 6) is 1.28. The summed E-state index contributed by atoms with van der Waals surface area (Å²) in [7, 11) is 1.69. The van der Waals surface area contributed by atoms with Crippen molar-refractivity contribution >= 4 is 40.2 Å². The highest BCUT2D eigenvalue weighted by Gasteiger charge is 2.22. The van der Waals surface area contributed by atoms with Gasteiger partial charge in [0.05, 0.1) is 34.9 Å². The van der Waals surface area contributed by atoms with E-state index in [9.17, 15) is 4.79 Å². The van der Waals surface area contributed by atoms with Crippen LogP contribution in [0.2, 0.25) is 10.0 Å². The first-order valence-electron chi connectivity index (χ1n) is 10.4. The lowest BCUT2D eigenvalue weighted by atomic mass is 10.1. The van der Waals surface area contributed by atoms with E-state index in [0.717, 1.165) is 5.39 Å². The van der Waals surface area contributed by atoms with Gasteiger partial charge < -0.3 is 9.74 Å². The zero-order valence-corrected chi connectivity index (χ0v) is 19.3. The van der Waals surface area contributed by atoms with Gasteiger partial charge in [-0.25, -0.2) is 4.98 Å². The number of hydrogen-bond acceptors (Lipinski definition) is 7. The zero-order valence-electron chi connectivity index (χ0n) is 17.8. The van der Waals surface area contributed by atoms with E-state index in [1.54, 1.807) is 49.9 Å². The van der Waals surface area contributed by atoms with Crippen LogP contribution in [-0.2, 0) is 7.05 Å². The normalized spacial score (nSPS) is 14.6. The number of benzene rings is 1. The summed E-state index contributed by atoms with van der Waals surface area (Å²) in [5, 5.41) is 3.46. The molecule has 0 radical (unpaired) electrons. The van der Waals surface area contributed by atoms with Crippen molar-refractivity contribution in [2.75, 3.05) is 31.1 Å². The Kier molecular flexibility index (Phi) is 5.88. The summed E-state index contributed by atoms with van der Waals surface area (Å²) in [4.78, 5) is 34.4. The second-order valence-corrected chi connectivity index (χ2v) is 8.48. The Bertz CT molecular complexity index is 1350. The third kappa shape index (κ3) is 4.25. The Morgan fingerprint density at radius 2 is 1.76 bits per heavy atom. The first-order valence-corrected chi connectivity index (χ1v) is 11.2. The molecule has 0 atom stereocenters. The minimum Gasteiger partial charge on any atom is -0.404 e. The molecule has 1 aromatic carbocycles. The van der Waals surface area contributed by atoms with Gasteiger partial charge in [-0.05, 0) is 30.3 Å². The number of anilines is 1. The lowest BCUT2D eigenvalue weighted by molar-refractivity contribution is -0.0624. The van der Waals surface area contributed by atoms with Crippen LogP contribution in [-0.4, -0.2) is 50.8 Å². The predicted octanol–water partition coefficient (Wildman–Crippen LogP) is 3.81. The Morgan fingerprint density at radius 1 is 1.00 bits per heavy atom. The van der Waals surface area contributed by atoms with Crippen LogP contribution in [0.5, 0.6) is 5.75 Å². The molecule has 33 heavy (non-hydrogen) atoms. The number of nitrogens with zero attached hydrogens (tertiary/aromatic N) is 6. The van der Waals surface area contributed by atoms with E-state index in [4.69, 9.17) is 33.0 Å². The van der Waals surface area contributed by atoms with Crippen molar-refractivity contribution in [2.45, 2.75) is 0 Å². The number of pyridine rings is 2. The van der Waals surface area contributed by atoms with Crippen molar-refractivity contribution in [3.05, 3.63) is 75.4 Å². The molecule has 0 spiro atoms. The fourth-order valence-corrected chi connectivity index (χ4v) is 4.45. The molecule has 168 valence electrons.